The average molecular weight is 250 g/mol. The Bertz CT molecular complexity index is 621. The number of carbonyl (C=O) groups excluding carboxylic acids is 1. The largest absolute Gasteiger partial charge is 0.491 e. The van der Waals surface area contributed by atoms with Crippen molar-refractivity contribution in [1.29, 1.82) is 0 Å². The Hall–Kier alpha value is -1.82. The van der Waals surface area contributed by atoms with Crippen LogP contribution in [0.25, 0.3) is 10.2 Å². The lowest BCUT2D eigenvalue weighted by molar-refractivity contribution is 0.0600. The first-order chi connectivity index (χ1) is 8.20. The summed E-state index contributed by atoms with van der Waals surface area (Å²) in [5, 5.41) is 0.472. The highest BCUT2D eigenvalue weighted by Crippen LogP contribution is 2.39. The van der Waals surface area contributed by atoms with Gasteiger partial charge in [0.1, 0.15) is 5.52 Å². The average Bonchev–Trinajstić information content (AvgIpc) is 2.91. The number of hydrogen-bond acceptors (Lipinski definition) is 6. The molecule has 0 spiro atoms. The first kappa shape index (κ1) is 10.3. The molecule has 1 aromatic carbocycles. The lowest BCUT2D eigenvalue weighted by atomic mass is 10.0. The van der Waals surface area contributed by atoms with Crippen molar-refractivity contribution < 1.29 is 14.3 Å². The van der Waals surface area contributed by atoms with Crippen molar-refractivity contribution >= 4 is 32.7 Å². The number of aromatic nitrogens is 1. The van der Waals surface area contributed by atoms with Gasteiger partial charge in [0.05, 0.1) is 24.0 Å². The summed E-state index contributed by atoms with van der Waals surface area (Å²) in [6, 6.07) is 1.78. The van der Waals surface area contributed by atoms with Crippen LogP contribution in [0.15, 0.2) is 6.07 Å². The molecule has 0 atom stereocenters. The van der Waals surface area contributed by atoms with E-state index < -0.39 is 0 Å². The molecule has 0 unspecified atom stereocenters. The second-order valence-electron chi connectivity index (χ2n) is 3.72. The summed E-state index contributed by atoms with van der Waals surface area (Å²) in [5.41, 5.74) is 7.84. The number of thiazole rings is 1. The Morgan fingerprint density at radius 1 is 1.65 bits per heavy atom. The number of nitrogens with two attached hydrogens (primary N) is 1. The summed E-state index contributed by atoms with van der Waals surface area (Å²) in [6.07, 6.45) is 0.702. The maximum atomic E-state index is 11.7. The fourth-order valence-electron chi connectivity index (χ4n) is 2.04. The number of rotatable bonds is 1. The third-order valence-electron chi connectivity index (χ3n) is 2.76. The first-order valence-corrected chi connectivity index (χ1v) is 5.95. The topological polar surface area (TPSA) is 74.4 Å². The summed E-state index contributed by atoms with van der Waals surface area (Å²) >= 11 is 1.34. The van der Waals surface area contributed by atoms with E-state index in [0.29, 0.717) is 29.5 Å². The maximum absolute atomic E-state index is 11.7. The molecule has 1 aliphatic rings. The van der Waals surface area contributed by atoms with Crippen molar-refractivity contribution in [3.05, 3.63) is 17.2 Å². The molecule has 2 N–H and O–H groups in total. The molecule has 0 saturated carbocycles. The van der Waals surface area contributed by atoms with E-state index in [9.17, 15) is 4.79 Å². The van der Waals surface area contributed by atoms with Gasteiger partial charge >= 0.3 is 5.97 Å². The quantitative estimate of drug-likeness (QED) is 0.778. The van der Waals surface area contributed by atoms with Gasteiger partial charge in [-0.2, -0.15) is 0 Å². The van der Waals surface area contributed by atoms with Gasteiger partial charge in [0.15, 0.2) is 10.9 Å². The Kier molecular flexibility index (Phi) is 2.19. The number of benzene rings is 1. The van der Waals surface area contributed by atoms with Gasteiger partial charge < -0.3 is 15.2 Å². The summed E-state index contributed by atoms with van der Waals surface area (Å²) in [6.45, 7) is 0.565. The molecule has 0 bridgehead atoms. The lowest BCUT2D eigenvalue weighted by Gasteiger charge is -2.05. The second kappa shape index (κ2) is 3.59. The van der Waals surface area contributed by atoms with E-state index in [2.05, 4.69) is 4.98 Å². The Morgan fingerprint density at radius 3 is 3.24 bits per heavy atom. The van der Waals surface area contributed by atoms with E-state index in [1.165, 1.54) is 18.4 Å². The zero-order chi connectivity index (χ0) is 12.0. The molecule has 6 heteroatoms. The van der Waals surface area contributed by atoms with E-state index >= 15 is 0 Å². The molecule has 0 saturated heterocycles. The van der Waals surface area contributed by atoms with E-state index in [1.807, 2.05) is 0 Å². The standard InChI is InChI=1S/C11H10N2O3S/c1-15-10(14)6-4-7-8(13-11(12)17-7)9-5(6)2-3-16-9/h4H,2-3H2,1H3,(H2,12,13). The van der Waals surface area contributed by atoms with Crippen molar-refractivity contribution in [1.82, 2.24) is 4.98 Å². The molecular weight excluding hydrogens is 240 g/mol. The van der Waals surface area contributed by atoms with Crippen molar-refractivity contribution in [2.75, 3.05) is 19.5 Å². The molecule has 0 fully saturated rings. The normalized spacial score (nSPS) is 13.5. The van der Waals surface area contributed by atoms with Crippen molar-refractivity contribution in [3.8, 4) is 5.75 Å². The van der Waals surface area contributed by atoms with Crippen LogP contribution in [-0.2, 0) is 11.2 Å². The van der Waals surface area contributed by atoms with Crippen LogP contribution in [0.2, 0.25) is 0 Å². The number of nitrogen functional groups attached to an aromatic ring is 1. The van der Waals surface area contributed by atoms with Gasteiger partial charge in [0.25, 0.3) is 0 Å². The first-order valence-electron chi connectivity index (χ1n) is 5.13. The third kappa shape index (κ3) is 1.44. The fraction of sp³-hybridized carbons (Fsp3) is 0.273. The molecule has 3 rings (SSSR count). The molecule has 0 radical (unpaired) electrons. The Balaban J connectivity index is 2.33. The van der Waals surface area contributed by atoms with Gasteiger partial charge in [-0.05, 0) is 6.07 Å². The Morgan fingerprint density at radius 2 is 2.47 bits per heavy atom. The third-order valence-corrected chi connectivity index (χ3v) is 3.59. The van der Waals surface area contributed by atoms with Crippen LogP contribution >= 0.6 is 11.3 Å². The zero-order valence-electron chi connectivity index (χ0n) is 9.15. The van der Waals surface area contributed by atoms with E-state index in [1.54, 1.807) is 6.07 Å². The summed E-state index contributed by atoms with van der Waals surface area (Å²) in [4.78, 5) is 15.9. The minimum atomic E-state index is -0.347. The van der Waals surface area contributed by atoms with Gasteiger partial charge in [-0.3, -0.25) is 0 Å². The molecular formula is C11H10N2O3S. The molecule has 2 heterocycles. The number of fused-ring (bicyclic) bond motifs is 3. The second-order valence-corrected chi connectivity index (χ2v) is 4.78. The number of nitrogens with zero attached hydrogens (tertiary/aromatic N) is 1. The van der Waals surface area contributed by atoms with Crippen LogP contribution in [0.3, 0.4) is 0 Å². The van der Waals surface area contributed by atoms with Crippen LogP contribution in [0, 0.1) is 0 Å². The zero-order valence-corrected chi connectivity index (χ0v) is 9.97. The summed E-state index contributed by atoms with van der Waals surface area (Å²) < 4.78 is 11.2. The van der Waals surface area contributed by atoms with Crippen LogP contribution in [0.4, 0.5) is 5.13 Å². The predicted octanol–water partition coefficient (Wildman–Crippen LogP) is 1.60. The molecule has 5 nitrogen and oxygen atoms in total. The molecule has 2 aromatic rings. The van der Waals surface area contributed by atoms with Gasteiger partial charge in [-0.15, -0.1) is 0 Å². The lowest BCUT2D eigenvalue weighted by Crippen LogP contribution is -2.04. The molecule has 0 amide bonds. The van der Waals surface area contributed by atoms with Gasteiger partial charge in [-0.25, -0.2) is 9.78 Å². The summed E-state index contributed by atoms with van der Waals surface area (Å²) in [7, 11) is 1.37. The van der Waals surface area contributed by atoms with Crippen molar-refractivity contribution in [2.24, 2.45) is 0 Å². The number of ether oxygens (including phenoxy) is 2. The number of carbonyl (C=O) groups is 1. The smallest absolute Gasteiger partial charge is 0.338 e. The maximum Gasteiger partial charge on any atom is 0.338 e. The minimum absolute atomic E-state index is 0.347. The SMILES string of the molecule is COC(=O)c1cc2sc(N)nc2c2c1CCO2. The van der Waals surface area contributed by atoms with E-state index in [0.717, 1.165) is 15.8 Å². The van der Waals surface area contributed by atoms with Crippen LogP contribution < -0.4 is 10.5 Å². The number of methoxy groups -OCH3 is 1. The highest BCUT2D eigenvalue weighted by Gasteiger charge is 2.25. The van der Waals surface area contributed by atoms with Crippen LogP contribution in [0.5, 0.6) is 5.75 Å². The van der Waals surface area contributed by atoms with Gasteiger partial charge in [0.2, 0.25) is 0 Å². The van der Waals surface area contributed by atoms with Crippen molar-refractivity contribution in [3.63, 3.8) is 0 Å². The Labute approximate surface area is 101 Å². The van der Waals surface area contributed by atoms with Crippen LogP contribution in [-0.4, -0.2) is 24.7 Å². The molecule has 1 aliphatic heterocycles. The van der Waals surface area contributed by atoms with Crippen LogP contribution in [0.1, 0.15) is 15.9 Å². The van der Waals surface area contributed by atoms with Gasteiger partial charge in [0, 0.05) is 12.0 Å². The highest BCUT2D eigenvalue weighted by atomic mass is 32.1. The molecule has 0 aliphatic carbocycles. The molecule has 1 aromatic heterocycles. The number of anilines is 1. The predicted molar refractivity (Wildman–Crippen MR) is 64.6 cm³/mol. The minimum Gasteiger partial charge on any atom is -0.491 e. The van der Waals surface area contributed by atoms with Crippen molar-refractivity contribution in [2.45, 2.75) is 6.42 Å². The number of esters is 1. The highest BCUT2D eigenvalue weighted by molar-refractivity contribution is 7.22. The monoisotopic (exact) mass is 250 g/mol. The van der Waals surface area contributed by atoms with E-state index in [4.69, 9.17) is 15.2 Å². The number of hydrogen-bond donors (Lipinski definition) is 1. The van der Waals surface area contributed by atoms with E-state index in [-0.39, 0.29) is 5.97 Å². The van der Waals surface area contributed by atoms with Gasteiger partial charge in [-0.1, -0.05) is 11.3 Å². The molecule has 17 heavy (non-hydrogen) atoms. The fourth-order valence-corrected chi connectivity index (χ4v) is 2.82. The molecule has 88 valence electrons. The summed E-state index contributed by atoms with van der Waals surface area (Å²) in [5.74, 6) is 0.330.